The second kappa shape index (κ2) is 8.45. The molecular formula is C17H21ClN2O2S. The first-order valence-corrected chi connectivity index (χ1v) is 9.42. The van der Waals surface area contributed by atoms with Crippen molar-refractivity contribution in [2.24, 2.45) is 0 Å². The lowest BCUT2D eigenvalue weighted by molar-refractivity contribution is 0.581. The highest BCUT2D eigenvalue weighted by Gasteiger charge is 2.13. The molecule has 0 unspecified atom stereocenters. The van der Waals surface area contributed by atoms with Gasteiger partial charge < -0.3 is 5.32 Å². The molecule has 124 valence electrons. The Hall–Kier alpha value is -1.40. The van der Waals surface area contributed by atoms with E-state index in [4.69, 9.17) is 11.6 Å². The summed E-state index contributed by atoms with van der Waals surface area (Å²) in [6, 6.07) is 14.3. The molecule has 0 aromatic heterocycles. The van der Waals surface area contributed by atoms with Crippen LogP contribution in [0.25, 0.3) is 0 Å². The third kappa shape index (κ3) is 5.32. The quantitative estimate of drug-likeness (QED) is 0.768. The Labute approximate surface area is 142 Å². The minimum absolute atomic E-state index is 0.275. The van der Waals surface area contributed by atoms with Crippen molar-refractivity contribution in [3.8, 4) is 0 Å². The van der Waals surface area contributed by atoms with E-state index in [-0.39, 0.29) is 4.90 Å². The van der Waals surface area contributed by atoms with Crippen molar-refractivity contribution >= 4 is 21.6 Å². The van der Waals surface area contributed by atoms with E-state index in [2.05, 4.69) is 10.0 Å². The van der Waals surface area contributed by atoms with E-state index in [1.165, 1.54) is 0 Å². The Kier molecular flexibility index (Phi) is 6.59. The monoisotopic (exact) mass is 352 g/mol. The van der Waals surface area contributed by atoms with Gasteiger partial charge >= 0.3 is 0 Å². The molecule has 0 amide bonds. The average Bonchev–Trinajstić information content (AvgIpc) is 2.55. The van der Waals surface area contributed by atoms with Crippen LogP contribution < -0.4 is 10.0 Å². The van der Waals surface area contributed by atoms with Crippen molar-refractivity contribution in [2.75, 3.05) is 13.1 Å². The van der Waals surface area contributed by atoms with Crippen LogP contribution in [0.2, 0.25) is 5.02 Å². The van der Waals surface area contributed by atoms with Gasteiger partial charge in [-0.25, -0.2) is 13.1 Å². The summed E-state index contributed by atoms with van der Waals surface area (Å²) < 4.78 is 27.2. The highest BCUT2D eigenvalue weighted by atomic mass is 35.5. The third-order valence-electron chi connectivity index (χ3n) is 3.46. The third-order valence-corrected chi connectivity index (χ3v) is 5.30. The molecule has 2 aromatic carbocycles. The zero-order valence-corrected chi connectivity index (χ0v) is 14.6. The van der Waals surface area contributed by atoms with E-state index in [0.29, 0.717) is 18.0 Å². The van der Waals surface area contributed by atoms with Gasteiger partial charge in [0.05, 0.1) is 4.90 Å². The van der Waals surface area contributed by atoms with Crippen LogP contribution in [0.3, 0.4) is 0 Å². The van der Waals surface area contributed by atoms with Gasteiger partial charge in [0.2, 0.25) is 10.0 Å². The van der Waals surface area contributed by atoms with Crippen LogP contribution in [0.1, 0.15) is 18.1 Å². The summed E-state index contributed by atoms with van der Waals surface area (Å²) in [5.41, 5.74) is 1.99. The Morgan fingerprint density at radius 3 is 2.39 bits per heavy atom. The highest BCUT2D eigenvalue weighted by Crippen LogP contribution is 2.15. The number of hydrogen-bond donors (Lipinski definition) is 2. The first kappa shape index (κ1) is 17.9. The molecule has 2 aromatic rings. The number of benzene rings is 2. The standard InChI is InChI=1S/C17H21ClN2O2S/c1-2-19-13-14-7-9-16(10-8-14)23(21,22)20-12-11-15-5-3-4-6-17(15)18/h3-10,19-20H,2,11-13H2,1H3. The molecule has 23 heavy (non-hydrogen) atoms. The first-order chi connectivity index (χ1) is 11.0. The second-order valence-corrected chi connectivity index (χ2v) is 7.34. The van der Waals surface area contributed by atoms with E-state index in [1.54, 1.807) is 18.2 Å². The van der Waals surface area contributed by atoms with Gasteiger partial charge in [-0.05, 0) is 42.3 Å². The van der Waals surface area contributed by atoms with Crippen molar-refractivity contribution < 1.29 is 8.42 Å². The summed E-state index contributed by atoms with van der Waals surface area (Å²) >= 11 is 6.07. The van der Waals surface area contributed by atoms with E-state index in [9.17, 15) is 8.42 Å². The zero-order chi connectivity index (χ0) is 16.7. The fourth-order valence-corrected chi connectivity index (χ4v) is 3.42. The van der Waals surface area contributed by atoms with E-state index in [1.807, 2.05) is 37.3 Å². The van der Waals surface area contributed by atoms with Gasteiger partial charge in [0.25, 0.3) is 0 Å². The molecule has 0 aliphatic heterocycles. The predicted molar refractivity (Wildman–Crippen MR) is 94.2 cm³/mol. The van der Waals surface area contributed by atoms with Crippen molar-refractivity contribution in [3.05, 3.63) is 64.7 Å². The molecule has 0 radical (unpaired) electrons. The molecule has 6 heteroatoms. The number of sulfonamides is 1. The molecule has 2 rings (SSSR count). The maximum Gasteiger partial charge on any atom is 0.240 e. The van der Waals surface area contributed by atoms with Crippen molar-refractivity contribution in [3.63, 3.8) is 0 Å². The zero-order valence-electron chi connectivity index (χ0n) is 13.0. The Bertz CT molecular complexity index is 731. The van der Waals surface area contributed by atoms with Crippen molar-refractivity contribution in [1.82, 2.24) is 10.0 Å². The molecule has 0 bridgehead atoms. The Morgan fingerprint density at radius 2 is 1.74 bits per heavy atom. The molecule has 0 saturated carbocycles. The van der Waals surface area contributed by atoms with Gasteiger partial charge in [-0.1, -0.05) is 48.9 Å². The summed E-state index contributed by atoms with van der Waals surface area (Å²) in [5, 5.41) is 3.86. The normalized spacial score (nSPS) is 11.6. The topological polar surface area (TPSA) is 58.2 Å². The first-order valence-electron chi connectivity index (χ1n) is 7.55. The van der Waals surface area contributed by atoms with Gasteiger partial charge in [0, 0.05) is 18.1 Å². The van der Waals surface area contributed by atoms with Crippen molar-refractivity contribution in [1.29, 1.82) is 0 Å². The van der Waals surface area contributed by atoms with Crippen molar-refractivity contribution in [2.45, 2.75) is 24.8 Å². The van der Waals surface area contributed by atoms with Crippen LogP contribution in [0.5, 0.6) is 0 Å². The van der Waals surface area contributed by atoms with Crippen LogP contribution in [0, 0.1) is 0 Å². The van der Waals surface area contributed by atoms with Gasteiger partial charge in [-0.15, -0.1) is 0 Å². The van der Waals surface area contributed by atoms with Gasteiger partial charge in [0.1, 0.15) is 0 Å². The number of nitrogens with one attached hydrogen (secondary N) is 2. The molecule has 0 atom stereocenters. The van der Waals surface area contributed by atoms with E-state index >= 15 is 0 Å². The van der Waals surface area contributed by atoms with E-state index < -0.39 is 10.0 Å². The van der Waals surface area contributed by atoms with Gasteiger partial charge in [-0.3, -0.25) is 0 Å². The summed E-state index contributed by atoms with van der Waals surface area (Å²) in [6.07, 6.45) is 0.553. The predicted octanol–water partition coefficient (Wildman–Crippen LogP) is 2.97. The second-order valence-electron chi connectivity index (χ2n) is 5.16. The summed E-state index contributed by atoms with van der Waals surface area (Å²) in [4.78, 5) is 0.275. The van der Waals surface area contributed by atoms with Crippen LogP contribution >= 0.6 is 11.6 Å². The molecule has 0 aliphatic carbocycles. The number of rotatable bonds is 8. The number of hydrogen-bond acceptors (Lipinski definition) is 3. The molecule has 4 nitrogen and oxygen atoms in total. The van der Waals surface area contributed by atoms with Crippen LogP contribution in [-0.2, 0) is 23.0 Å². The van der Waals surface area contributed by atoms with Crippen LogP contribution in [0.15, 0.2) is 53.4 Å². The van der Waals surface area contributed by atoms with Crippen LogP contribution in [-0.4, -0.2) is 21.5 Å². The largest absolute Gasteiger partial charge is 0.313 e. The molecular weight excluding hydrogens is 332 g/mol. The fraction of sp³-hybridized carbons (Fsp3) is 0.294. The molecule has 0 aliphatic rings. The maximum atomic E-state index is 12.3. The average molecular weight is 353 g/mol. The highest BCUT2D eigenvalue weighted by molar-refractivity contribution is 7.89. The fourth-order valence-electron chi connectivity index (χ4n) is 2.16. The SMILES string of the molecule is CCNCc1ccc(S(=O)(=O)NCCc2ccccc2Cl)cc1. The minimum Gasteiger partial charge on any atom is -0.313 e. The lowest BCUT2D eigenvalue weighted by Gasteiger charge is -2.09. The van der Waals surface area contributed by atoms with Gasteiger partial charge in [0.15, 0.2) is 0 Å². The minimum atomic E-state index is -3.49. The Balaban J connectivity index is 1.95. The smallest absolute Gasteiger partial charge is 0.240 e. The van der Waals surface area contributed by atoms with E-state index in [0.717, 1.165) is 24.2 Å². The molecule has 0 heterocycles. The van der Waals surface area contributed by atoms with Gasteiger partial charge in [-0.2, -0.15) is 0 Å². The Morgan fingerprint density at radius 1 is 1.04 bits per heavy atom. The summed E-state index contributed by atoms with van der Waals surface area (Å²) in [5.74, 6) is 0. The molecule has 0 saturated heterocycles. The molecule has 2 N–H and O–H groups in total. The molecule has 0 fully saturated rings. The summed E-state index contributed by atoms with van der Waals surface area (Å²) in [6.45, 7) is 3.95. The lowest BCUT2D eigenvalue weighted by Crippen LogP contribution is -2.26. The maximum absolute atomic E-state index is 12.3. The lowest BCUT2D eigenvalue weighted by atomic mass is 10.1. The number of halogens is 1. The summed E-state index contributed by atoms with van der Waals surface area (Å²) in [7, 11) is -3.49. The van der Waals surface area contributed by atoms with Crippen LogP contribution in [0.4, 0.5) is 0 Å². The molecule has 0 spiro atoms.